The van der Waals surface area contributed by atoms with E-state index in [0.29, 0.717) is 11.8 Å². The fourth-order valence-corrected chi connectivity index (χ4v) is 4.71. The molecule has 3 aromatic rings. The SMILES string of the molecule is COC(=O)Cn1/c(=N/S(=O)(=O)c2ccc(OC)cc2)sc2cc(F)cc(F)c21. The summed E-state index contributed by atoms with van der Waals surface area (Å²) in [6, 6.07) is 7.18. The first-order valence-electron chi connectivity index (χ1n) is 7.75. The third-order valence-corrected chi connectivity index (χ3v) is 6.19. The van der Waals surface area contributed by atoms with Gasteiger partial charge >= 0.3 is 5.97 Å². The van der Waals surface area contributed by atoms with Gasteiger partial charge in [-0.2, -0.15) is 8.42 Å². The molecule has 0 N–H and O–H groups in total. The van der Waals surface area contributed by atoms with Crippen molar-refractivity contribution >= 4 is 37.5 Å². The van der Waals surface area contributed by atoms with E-state index in [-0.39, 0.29) is 19.9 Å². The van der Waals surface area contributed by atoms with Crippen molar-refractivity contribution in [2.75, 3.05) is 14.2 Å². The number of rotatable bonds is 5. The molecule has 0 saturated heterocycles. The number of halogens is 2. The highest BCUT2D eigenvalue weighted by atomic mass is 32.2. The maximum absolute atomic E-state index is 14.3. The number of hydrogen-bond acceptors (Lipinski definition) is 6. The molecule has 0 spiro atoms. The number of sulfonamides is 1. The number of fused-ring (bicyclic) bond motifs is 1. The Labute approximate surface area is 162 Å². The Morgan fingerprint density at radius 3 is 2.46 bits per heavy atom. The zero-order valence-electron chi connectivity index (χ0n) is 14.7. The van der Waals surface area contributed by atoms with Crippen molar-refractivity contribution < 1.29 is 31.5 Å². The summed E-state index contributed by atoms with van der Waals surface area (Å²) in [6.45, 7) is -0.490. The summed E-state index contributed by atoms with van der Waals surface area (Å²) >= 11 is 0.739. The van der Waals surface area contributed by atoms with Crippen LogP contribution in [-0.2, 0) is 26.1 Å². The van der Waals surface area contributed by atoms with Gasteiger partial charge in [-0.1, -0.05) is 11.3 Å². The lowest BCUT2D eigenvalue weighted by Gasteiger charge is -2.05. The molecule has 3 rings (SSSR count). The van der Waals surface area contributed by atoms with Gasteiger partial charge in [-0.25, -0.2) is 8.78 Å². The van der Waals surface area contributed by atoms with Crippen LogP contribution in [0.3, 0.4) is 0 Å². The molecule has 0 aliphatic heterocycles. The lowest BCUT2D eigenvalue weighted by Crippen LogP contribution is -2.23. The number of nitrogens with zero attached hydrogens (tertiary/aromatic N) is 2. The number of carbonyl (C=O) groups excluding carboxylic acids is 1. The van der Waals surface area contributed by atoms with Gasteiger partial charge in [0.2, 0.25) is 4.80 Å². The van der Waals surface area contributed by atoms with E-state index in [1.54, 1.807) is 0 Å². The second-order valence-corrected chi connectivity index (χ2v) is 8.14. The third-order valence-electron chi connectivity index (χ3n) is 3.77. The zero-order chi connectivity index (χ0) is 20.5. The largest absolute Gasteiger partial charge is 0.497 e. The number of ether oxygens (including phenoxy) is 2. The standard InChI is InChI=1S/C17H14F2N2O5S2/c1-25-11-3-5-12(6-4-11)28(23,24)20-17-21(9-15(22)26-2)16-13(19)7-10(18)8-14(16)27-17/h3-8H,9H2,1-2H3/b20-17-. The van der Waals surface area contributed by atoms with Crippen LogP contribution in [0, 0.1) is 11.6 Å². The first-order valence-corrected chi connectivity index (χ1v) is 10.0. The predicted octanol–water partition coefficient (Wildman–Crippen LogP) is 2.45. The Kier molecular flexibility index (Phi) is 5.47. The van der Waals surface area contributed by atoms with Gasteiger partial charge in [-0.3, -0.25) is 4.79 Å². The second kappa shape index (κ2) is 7.68. The Balaban J connectivity index is 2.23. The van der Waals surface area contributed by atoms with E-state index < -0.39 is 34.2 Å². The van der Waals surface area contributed by atoms with Crippen LogP contribution >= 0.6 is 11.3 Å². The fourth-order valence-electron chi connectivity index (χ4n) is 2.44. The van der Waals surface area contributed by atoms with Crippen LogP contribution < -0.4 is 9.54 Å². The topological polar surface area (TPSA) is 87.0 Å². The first kappa shape index (κ1) is 20.0. The number of methoxy groups -OCH3 is 2. The molecule has 0 aliphatic carbocycles. The van der Waals surface area contributed by atoms with E-state index in [2.05, 4.69) is 9.13 Å². The van der Waals surface area contributed by atoms with Crippen LogP contribution in [0.2, 0.25) is 0 Å². The van der Waals surface area contributed by atoms with E-state index in [9.17, 15) is 22.0 Å². The molecule has 28 heavy (non-hydrogen) atoms. The molecule has 0 unspecified atom stereocenters. The van der Waals surface area contributed by atoms with E-state index in [4.69, 9.17) is 4.74 Å². The molecule has 1 heterocycles. The number of esters is 1. The minimum Gasteiger partial charge on any atom is -0.497 e. The quantitative estimate of drug-likeness (QED) is 0.583. The molecule has 0 atom stereocenters. The summed E-state index contributed by atoms with van der Waals surface area (Å²) in [5, 5.41) is 0. The normalized spacial score (nSPS) is 12.4. The minimum atomic E-state index is -4.18. The van der Waals surface area contributed by atoms with E-state index >= 15 is 0 Å². The molecular formula is C17H14F2N2O5S2. The van der Waals surface area contributed by atoms with E-state index in [0.717, 1.165) is 29.1 Å². The predicted molar refractivity (Wildman–Crippen MR) is 97.5 cm³/mol. The maximum Gasteiger partial charge on any atom is 0.325 e. The maximum atomic E-state index is 14.3. The average molecular weight is 428 g/mol. The lowest BCUT2D eigenvalue weighted by molar-refractivity contribution is -0.141. The molecule has 148 valence electrons. The Morgan fingerprint density at radius 1 is 1.18 bits per heavy atom. The Hall–Kier alpha value is -2.79. The van der Waals surface area contributed by atoms with Crippen LogP contribution in [0.15, 0.2) is 45.7 Å². The summed E-state index contributed by atoms with van der Waals surface area (Å²) in [4.78, 5) is 11.4. The van der Waals surface area contributed by atoms with Gasteiger partial charge < -0.3 is 14.0 Å². The Morgan fingerprint density at radius 2 is 1.86 bits per heavy atom. The van der Waals surface area contributed by atoms with Crippen LogP contribution in [0.1, 0.15) is 0 Å². The van der Waals surface area contributed by atoms with Crippen molar-refractivity contribution in [2.24, 2.45) is 4.40 Å². The summed E-state index contributed by atoms with van der Waals surface area (Å²) < 4.78 is 67.6. The fraction of sp³-hybridized carbons (Fsp3) is 0.176. The van der Waals surface area contributed by atoms with E-state index in [1.165, 1.54) is 31.4 Å². The average Bonchev–Trinajstić information content (AvgIpc) is 2.97. The number of benzene rings is 2. The van der Waals surface area contributed by atoms with Crippen LogP contribution in [0.4, 0.5) is 8.78 Å². The monoisotopic (exact) mass is 428 g/mol. The van der Waals surface area contributed by atoms with Gasteiger partial charge in [0.05, 0.1) is 29.3 Å². The third kappa shape index (κ3) is 3.90. The lowest BCUT2D eigenvalue weighted by atomic mass is 10.3. The van der Waals surface area contributed by atoms with Crippen molar-refractivity contribution in [1.29, 1.82) is 0 Å². The molecule has 0 saturated carbocycles. The highest BCUT2D eigenvalue weighted by Crippen LogP contribution is 2.23. The number of carbonyl (C=O) groups is 1. The Bertz CT molecular complexity index is 1210. The second-order valence-electron chi connectivity index (χ2n) is 5.52. The molecule has 0 radical (unpaired) electrons. The number of hydrogen-bond donors (Lipinski definition) is 0. The molecule has 1 aromatic heterocycles. The highest BCUT2D eigenvalue weighted by Gasteiger charge is 2.19. The molecule has 0 aliphatic rings. The van der Waals surface area contributed by atoms with Gasteiger partial charge in [-0.15, -0.1) is 4.40 Å². The van der Waals surface area contributed by atoms with Crippen molar-refractivity contribution in [1.82, 2.24) is 4.57 Å². The van der Waals surface area contributed by atoms with Gasteiger partial charge in [0, 0.05) is 6.07 Å². The van der Waals surface area contributed by atoms with Gasteiger partial charge in [0.1, 0.15) is 18.1 Å². The smallest absolute Gasteiger partial charge is 0.325 e. The molecule has 2 aromatic carbocycles. The molecule has 0 fully saturated rings. The molecular weight excluding hydrogens is 414 g/mol. The summed E-state index contributed by atoms with van der Waals surface area (Å²) in [5.74, 6) is -2.06. The van der Waals surface area contributed by atoms with E-state index in [1.807, 2.05) is 0 Å². The van der Waals surface area contributed by atoms with Crippen molar-refractivity contribution in [3.63, 3.8) is 0 Å². The number of aromatic nitrogens is 1. The number of thiazole rings is 1. The van der Waals surface area contributed by atoms with Crippen molar-refractivity contribution in [3.8, 4) is 5.75 Å². The highest BCUT2D eigenvalue weighted by molar-refractivity contribution is 7.90. The van der Waals surface area contributed by atoms with Crippen LogP contribution in [-0.4, -0.2) is 33.2 Å². The first-order chi connectivity index (χ1) is 13.2. The molecule has 7 nitrogen and oxygen atoms in total. The summed E-state index contributed by atoms with van der Waals surface area (Å²) in [6.07, 6.45) is 0. The van der Waals surface area contributed by atoms with Crippen LogP contribution in [0.5, 0.6) is 5.75 Å². The zero-order valence-corrected chi connectivity index (χ0v) is 16.3. The van der Waals surface area contributed by atoms with Gasteiger partial charge in [-0.05, 0) is 30.3 Å². The molecule has 0 amide bonds. The van der Waals surface area contributed by atoms with Crippen molar-refractivity contribution in [2.45, 2.75) is 11.4 Å². The van der Waals surface area contributed by atoms with Gasteiger partial charge in [0.25, 0.3) is 10.0 Å². The molecule has 0 bridgehead atoms. The van der Waals surface area contributed by atoms with Crippen LogP contribution in [0.25, 0.3) is 10.2 Å². The van der Waals surface area contributed by atoms with Crippen molar-refractivity contribution in [3.05, 3.63) is 52.8 Å². The summed E-state index contributed by atoms with van der Waals surface area (Å²) in [5.41, 5.74) is -0.138. The summed E-state index contributed by atoms with van der Waals surface area (Å²) in [7, 11) is -1.61. The minimum absolute atomic E-state index is 0.102. The molecule has 11 heteroatoms. The van der Waals surface area contributed by atoms with Gasteiger partial charge in [0.15, 0.2) is 5.82 Å².